The van der Waals surface area contributed by atoms with E-state index in [2.05, 4.69) is 0 Å². The van der Waals surface area contributed by atoms with Gasteiger partial charge in [0.25, 0.3) is 0 Å². The fourth-order valence-corrected chi connectivity index (χ4v) is 2.16. The molecular weight excluding hydrogens is 206 g/mol. The summed E-state index contributed by atoms with van der Waals surface area (Å²) in [5.41, 5.74) is -1.42. The molecule has 15 heavy (non-hydrogen) atoms. The third-order valence-corrected chi connectivity index (χ3v) is 3.13. The Hall–Kier alpha value is -0.710. The summed E-state index contributed by atoms with van der Waals surface area (Å²) in [4.78, 5) is 11.1. The predicted octanol–water partition coefficient (Wildman–Crippen LogP) is 2.30. The van der Waals surface area contributed by atoms with Crippen LogP contribution in [0.15, 0.2) is 0 Å². The molecule has 88 valence electrons. The first-order valence-electron chi connectivity index (χ1n) is 5.07. The van der Waals surface area contributed by atoms with Gasteiger partial charge >= 0.3 is 5.97 Å². The Kier molecular flexibility index (Phi) is 3.33. The molecule has 1 aliphatic rings. The highest BCUT2D eigenvalue weighted by atomic mass is 19.3. The Morgan fingerprint density at radius 2 is 2.13 bits per heavy atom. The second-order valence-electron chi connectivity index (χ2n) is 4.09. The fourth-order valence-electron chi connectivity index (χ4n) is 2.16. The van der Waals surface area contributed by atoms with Crippen LogP contribution in [0.5, 0.6) is 0 Å². The van der Waals surface area contributed by atoms with Gasteiger partial charge in [0.2, 0.25) is 5.92 Å². The smallest absolute Gasteiger partial charge is 0.312 e. The van der Waals surface area contributed by atoms with Crippen molar-refractivity contribution in [3.63, 3.8) is 0 Å². The third kappa shape index (κ3) is 2.27. The van der Waals surface area contributed by atoms with Gasteiger partial charge in [-0.1, -0.05) is 0 Å². The fraction of sp³-hybridized carbons (Fsp3) is 0.900. The number of alkyl halides is 2. The Balaban J connectivity index is 2.87. The molecule has 0 aromatic heterocycles. The van der Waals surface area contributed by atoms with Crippen molar-refractivity contribution in [1.82, 2.24) is 0 Å². The van der Waals surface area contributed by atoms with Gasteiger partial charge in [0.15, 0.2) is 0 Å². The molecular formula is C10H16F2O3. The Morgan fingerprint density at radius 3 is 2.47 bits per heavy atom. The van der Waals surface area contributed by atoms with Crippen LogP contribution in [0.25, 0.3) is 0 Å². The van der Waals surface area contributed by atoms with E-state index < -0.39 is 29.8 Å². The second kappa shape index (κ2) is 4.04. The molecule has 1 fully saturated rings. The molecule has 0 spiro atoms. The van der Waals surface area contributed by atoms with Crippen LogP contribution < -0.4 is 0 Å². The van der Waals surface area contributed by atoms with Crippen LogP contribution in [0.2, 0.25) is 0 Å². The number of halogens is 2. The zero-order valence-electron chi connectivity index (χ0n) is 8.93. The number of carboxylic acids is 1. The lowest BCUT2D eigenvalue weighted by molar-refractivity contribution is -0.161. The SMILES string of the molecule is CCOC(C)C1(C(=O)O)CCC(F)(F)C1. The second-order valence-corrected chi connectivity index (χ2v) is 4.09. The van der Waals surface area contributed by atoms with Gasteiger partial charge in [0, 0.05) is 19.4 Å². The van der Waals surface area contributed by atoms with Crippen LogP contribution in [0.4, 0.5) is 8.78 Å². The first kappa shape index (κ1) is 12.4. The summed E-state index contributed by atoms with van der Waals surface area (Å²) in [5, 5.41) is 9.08. The lowest BCUT2D eigenvalue weighted by Gasteiger charge is -2.30. The van der Waals surface area contributed by atoms with E-state index in [-0.39, 0.29) is 12.8 Å². The largest absolute Gasteiger partial charge is 0.481 e. The van der Waals surface area contributed by atoms with Crippen LogP contribution in [0, 0.1) is 5.41 Å². The molecule has 0 radical (unpaired) electrons. The molecule has 0 aliphatic heterocycles. The maximum Gasteiger partial charge on any atom is 0.312 e. The molecule has 5 heteroatoms. The molecule has 0 amide bonds. The molecule has 3 nitrogen and oxygen atoms in total. The van der Waals surface area contributed by atoms with Crippen LogP contribution >= 0.6 is 0 Å². The van der Waals surface area contributed by atoms with Crippen molar-refractivity contribution in [2.24, 2.45) is 5.41 Å². The topological polar surface area (TPSA) is 46.5 Å². The van der Waals surface area contributed by atoms with E-state index in [1.54, 1.807) is 13.8 Å². The van der Waals surface area contributed by atoms with Crippen molar-refractivity contribution in [2.75, 3.05) is 6.61 Å². The van der Waals surface area contributed by atoms with Crippen molar-refractivity contribution in [2.45, 2.75) is 45.1 Å². The predicted molar refractivity (Wildman–Crippen MR) is 50.0 cm³/mol. The summed E-state index contributed by atoms with van der Waals surface area (Å²) in [6.45, 7) is 3.61. The molecule has 1 N–H and O–H groups in total. The van der Waals surface area contributed by atoms with Gasteiger partial charge in [-0.25, -0.2) is 8.78 Å². The normalized spacial score (nSPS) is 31.5. The minimum atomic E-state index is -2.87. The van der Waals surface area contributed by atoms with E-state index in [0.29, 0.717) is 6.61 Å². The summed E-state index contributed by atoms with van der Waals surface area (Å²) in [7, 11) is 0. The zero-order valence-corrected chi connectivity index (χ0v) is 8.93. The number of ether oxygens (including phenoxy) is 1. The molecule has 0 aromatic rings. The van der Waals surface area contributed by atoms with E-state index in [4.69, 9.17) is 9.84 Å². The van der Waals surface area contributed by atoms with Crippen molar-refractivity contribution in [3.05, 3.63) is 0 Å². The minimum Gasteiger partial charge on any atom is -0.481 e. The summed E-state index contributed by atoms with van der Waals surface area (Å²) < 4.78 is 31.3. The number of rotatable bonds is 4. The highest BCUT2D eigenvalue weighted by Crippen LogP contribution is 2.50. The summed E-state index contributed by atoms with van der Waals surface area (Å²) in [5.74, 6) is -4.05. The summed E-state index contributed by atoms with van der Waals surface area (Å²) in [6.07, 6.45) is -1.67. The lowest BCUT2D eigenvalue weighted by Crippen LogP contribution is -2.41. The van der Waals surface area contributed by atoms with Gasteiger partial charge < -0.3 is 9.84 Å². The summed E-state index contributed by atoms with van der Waals surface area (Å²) in [6, 6.07) is 0. The van der Waals surface area contributed by atoms with Gasteiger partial charge in [-0.2, -0.15) is 0 Å². The van der Waals surface area contributed by atoms with Crippen molar-refractivity contribution >= 4 is 5.97 Å². The Bertz CT molecular complexity index is 255. The average molecular weight is 222 g/mol. The minimum absolute atomic E-state index is 0.0174. The molecule has 1 saturated carbocycles. The van der Waals surface area contributed by atoms with Gasteiger partial charge in [0.05, 0.1) is 11.5 Å². The maximum absolute atomic E-state index is 13.1. The van der Waals surface area contributed by atoms with Crippen molar-refractivity contribution in [1.29, 1.82) is 0 Å². The van der Waals surface area contributed by atoms with E-state index in [9.17, 15) is 13.6 Å². The molecule has 1 aliphatic carbocycles. The van der Waals surface area contributed by atoms with E-state index in [1.807, 2.05) is 0 Å². The third-order valence-electron chi connectivity index (χ3n) is 3.13. The van der Waals surface area contributed by atoms with E-state index in [0.717, 1.165) is 0 Å². The van der Waals surface area contributed by atoms with Crippen molar-refractivity contribution < 1.29 is 23.4 Å². The molecule has 0 saturated heterocycles. The number of hydrogen-bond donors (Lipinski definition) is 1. The van der Waals surface area contributed by atoms with Gasteiger partial charge in [-0.3, -0.25) is 4.79 Å². The monoisotopic (exact) mass is 222 g/mol. The van der Waals surface area contributed by atoms with Gasteiger partial charge in [0.1, 0.15) is 0 Å². The van der Waals surface area contributed by atoms with Crippen LogP contribution in [-0.4, -0.2) is 29.7 Å². The maximum atomic E-state index is 13.1. The first-order chi connectivity index (χ1) is 6.84. The molecule has 2 atom stereocenters. The molecule has 0 aromatic carbocycles. The molecule has 1 rings (SSSR count). The molecule has 0 heterocycles. The average Bonchev–Trinajstić information content (AvgIpc) is 2.44. The number of aliphatic carboxylic acids is 1. The van der Waals surface area contributed by atoms with E-state index in [1.165, 1.54) is 0 Å². The van der Waals surface area contributed by atoms with Gasteiger partial charge in [-0.05, 0) is 20.3 Å². The number of carboxylic acid groups (broad SMARTS) is 1. The molecule has 0 bridgehead atoms. The van der Waals surface area contributed by atoms with E-state index >= 15 is 0 Å². The van der Waals surface area contributed by atoms with Crippen LogP contribution in [-0.2, 0) is 9.53 Å². The van der Waals surface area contributed by atoms with Crippen LogP contribution in [0.1, 0.15) is 33.1 Å². The van der Waals surface area contributed by atoms with Crippen molar-refractivity contribution in [3.8, 4) is 0 Å². The number of hydrogen-bond acceptors (Lipinski definition) is 2. The van der Waals surface area contributed by atoms with Gasteiger partial charge in [-0.15, -0.1) is 0 Å². The summed E-state index contributed by atoms with van der Waals surface area (Å²) >= 11 is 0. The molecule has 2 unspecified atom stereocenters. The standard InChI is InChI=1S/C10H16F2O3/c1-3-15-7(2)9(8(13)14)4-5-10(11,12)6-9/h7H,3-6H2,1-2H3,(H,13,14). The first-order valence-corrected chi connectivity index (χ1v) is 5.07. The highest BCUT2D eigenvalue weighted by molar-refractivity contribution is 5.76. The number of carbonyl (C=O) groups is 1. The Labute approximate surface area is 87.4 Å². The zero-order chi connectivity index (χ0) is 11.7. The lowest BCUT2D eigenvalue weighted by atomic mass is 9.81. The van der Waals surface area contributed by atoms with Crippen LogP contribution in [0.3, 0.4) is 0 Å². The highest BCUT2D eigenvalue weighted by Gasteiger charge is 2.57. The quantitative estimate of drug-likeness (QED) is 0.793. The Morgan fingerprint density at radius 1 is 1.53 bits per heavy atom.